The molecule has 0 aliphatic heterocycles. The van der Waals surface area contributed by atoms with E-state index in [-0.39, 0.29) is 0 Å². The molecule has 21 heavy (non-hydrogen) atoms. The van der Waals surface area contributed by atoms with Crippen LogP contribution in [0.1, 0.15) is 27.2 Å². The van der Waals surface area contributed by atoms with Crippen molar-refractivity contribution in [2.75, 3.05) is 0 Å². The van der Waals surface area contributed by atoms with Crippen LogP contribution < -0.4 is 0 Å². The lowest BCUT2D eigenvalue weighted by molar-refractivity contribution is 1.15. The molecule has 0 amide bonds. The Morgan fingerprint density at radius 2 is 1.38 bits per heavy atom. The SMILES string of the molecule is Cc1cc(C2C=CC=C2)sc1-c1ccc(C2C=CC=C2)s1. The van der Waals surface area contributed by atoms with E-state index in [0.717, 1.165) is 0 Å². The van der Waals surface area contributed by atoms with Crippen LogP contribution in [0, 0.1) is 6.92 Å². The number of rotatable bonds is 3. The Morgan fingerprint density at radius 1 is 0.762 bits per heavy atom. The maximum absolute atomic E-state index is 2.35. The van der Waals surface area contributed by atoms with Crippen molar-refractivity contribution in [1.82, 2.24) is 0 Å². The summed E-state index contributed by atoms with van der Waals surface area (Å²) in [5.74, 6) is 0.951. The van der Waals surface area contributed by atoms with Gasteiger partial charge in [0.1, 0.15) is 0 Å². The highest BCUT2D eigenvalue weighted by atomic mass is 32.1. The van der Waals surface area contributed by atoms with E-state index in [0.29, 0.717) is 11.8 Å². The van der Waals surface area contributed by atoms with E-state index in [4.69, 9.17) is 0 Å². The first-order valence-corrected chi connectivity index (χ1v) is 8.85. The molecule has 0 radical (unpaired) electrons. The Morgan fingerprint density at radius 3 is 2.05 bits per heavy atom. The molecule has 0 aromatic carbocycles. The second-order valence-electron chi connectivity index (χ2n) is 5.45. The second-order valence-corrected chi connectivity index (χ2v) is 7.65. The van der Waals surface area contributed by atoms with Gasteiger partial charge in [0.15, 0.2) is 0 Å². The van der Waals surface area contributed by atoms with Gasteiger partial charge in [-0.05, 0) is 30.7 Å². The zero-order valence-electron chi connectivity index (χ0n) is 11.8. The second kappa shape index (κ2) is 5.28. The first-order chi connectivity index (χ1) is 10.3. The van der Waals surface area contributed by atoms with Crippen LogP contribution in [-0.2, 0) is 0 Å². The largest absolute Gasteiger partial charge is 0.138 e. The number of hydrogen-bond donors (Lipinski definition) is 0. The Kier molecular flexibility index (Phi) is 3.28. The summed E-state index contributed by atoms with van der Waals surface area (Å²) < 4.78 is 0. The Balaban J connectivity index is 1.67. The van der Waals surface area contributed by atoms with Crippen molar-refractivity contribution in [2.45, 2.75) is 18.8 Å². The lowest BCUT2D eigenvalue weighted by Gasteiger charge is -2.00. The van der Waals surface area contributed by atoms with E-state index in [1.54, 1.807) is 0 Å². The molecule has 2 aliphatic carbocycles. The van der Waals surface area contributed by atoms with Crippen molar-refractivity contribution in [2.24, 2.45) is 0 Å². The lowest BCUT2D eigenvalue weighted by atomic mass is 10.1. The van der Waals surface area contributed by atoms with E-state index in [1.807, 2.05) is 22.7 Å². The molecule has 0 unspecified atom stereocenters. The zero-order chi connectivity index (χ0) is 14.2. The van der Waals surface area contributed by atoms with Crippen LogP contribution in [0.5, 0.6) is 0 Å². The monoisotopic (exact) mass is 308 g/mol. The predicted octanol–water partition coefficient (Wildman–Crippen LogP) is 6.20. The van der Waals surface area contributed by atoms with Gasteiger partial charge in [0, 0.05) is 31.3 Å². The van der Waals surface area contributed by atoms with Crippen LogP contribution in [0.3, 0.4) is 0 Å². The first kappa shape index (κ1) is 13.1. The van der Waals surface area contributed by atoms with E-state index in [9.17, 15) is 0 Å². The minimum Gasteiger partial charge on any atom is -0.138 e. The molecule has 0 saturated heterocycles. The predicted molar refractivity (Wildman–Crippen MR) is 94.4 cm³/mol. The molecular weight excluding hydrogens is 292 g/mol. The summed E-state index contributed by atoms with van der Waals surface area (Å²) in [6.07, 6.45) is 17.6. The highest BCUT2D eigenvalue weighted by Crippen LogP contribution is 2.42. The number of hydrogen-bond acceptors (Lipinski definition) is 2. The van der Waals surface area contributed by atoms with Gasteiger partial charge in [0.25, 0.3) is 0 Å². The molecule has 0 nitrogen and oxygen atoms in total. The summed E-state index contributed by atoms with van der Waals surface area (Å²) in [7, 11) is 0. The molecule has 0 fully saturated rings. The van der Waals surface area contributed by atoms with Crippen LogP contribution >= 0.6 is 22.7 Å². The summed E-state index contributed by atoms with van der Waals surface area (Å²) >= 11 is 3.86. The summed E-state index contributed by atoms with van der Waals surface area (Å²) in [4.78, 5) is 5.72. The molecule has 2 aromatic heterocycles. The first-order valence-electron chi connectivity index (χ1n) is 7.22. The molecule has 0 saturated carbocycles. The van der Waals surface area contributed by atoms with Crippen LogP contribution in [0.25, 0.3) is 9.75 Å². The van der Waals surface area contributed by atoms with E-state index in [1.165, 1.54) is 25.1 Å². The molecule has 104 valence electrons. The van der Waals surface area contributed by atoms with Crippen molar-refractivity contribution < 1.29 is 0 Å². The highest BCUT2D eigenvalue weighted by molar-refractivity contribution is 7.22. The quantitative estimate of drug-likeness (QED) is 0.633. The van der Waals surface area contributed by atoms with Crippen molar-refractivity contribution >= 4 is 22.7 Å². The van der Waals surface area contributed by atoms with Crippen molar-refractivity contribution in [3.05, 3.63) is 82.1 Å². The van der Waals surface area contributed by atoms with Crippen LogP contribution in [0.15, 0.2) is 66.8 Å². The number of thiophene rings is 2. The molecule has 0 N–H and O–H groups in total. The smallest absolute Gasteiger partial charge is 0.0475 e. The van der Waals surface area contributed by atoms with Gasteiger partial charge < -0.3 is 0 Å². The van der Waals surface area contributed by atoms with Gasteiger partial charge in [-0.25, -0.2) is 0 Å². The zero-order valence-corrected chi connectivity index (χ0v) is 13.5. The van der Waals surface area contributed by atoms with Gasteiger partial charge in [-0.1, -0.05) is 48.6 Å². The van der Waals surface area contributed by atoms with E-state index >= 15 is 0 Å². The third-order valence-corrected chi connectivity index (χ3v) is 6.65. The molecule has 4 rings (SSSR count). The van der Waals surface area contributed by atoms with Gasteiger partial charge in [-0.3, -0.25) is 0 Å². The minimum atomic E-state index is 0.475. The standard InChI is InChI=1S/C19H16S2/c1-13-12-18(15-8-4-5-9-15)21-19(13)17-11-10-16(20-17)14-6-2-3-7-14/h2-12,14-15H,1H3. The average molecular weight is 308 g/mol. The van der Waals surface area contributed by atoms with Gasteiger partial charge in [0.05, 0.1) is 0 Å². The number of aryl methyl sites for hydroxylation is 1. The summed E-state index contributed by atoms with van der Waals surface area (Å²) in [5, 5.41) is 0. The molecular formula is C19H16S2. The topological polar surface area (TPSA) is 0 Å². The molecule has 2 aromatic rings. The van der Waals surface area contributed by atoms with Gasteiger partial charge in [-0.15, -0.1) is 22.7 Å². The van der Waals surface area contributed by atoms with Crippen LogP contribution in [0.4, 0.5) is 0 Å². The Hall–Kier alpha value is -1.64. The molecule has 0 bridgehead atoms. The molecule has 0 atom stereocenters. The molecule has 0 spiro atoms. The van der Waals surface area contributed by atoms with E-state index in [2.05, 4.69) is 73.7 Å². The summed E-state index contributed by atoms with van der Waals surface area (Å²) in [6.45, 7) is 2.23. The Labute approximate surface area is 133 Å². The maximum Gasteiger partial charge on any atom is 0.0475 e. The van der Waals surface area contributed by atoms with Crippen molar-refractivity contribution in [3.8, 4) is 9.75 Å². The van der Waals surface area contributed by atoms with Crippen molar-refractivity contribution in [3.63, 3.8) is 0 Å². The summed E-state index contributed by atoms with van der Waals surface area (Å²) in [5.41, 5.74) is 1.40. The van der Waals surface area contributed by atoms with Crippen LogP contribution in [0.2, 0.25) is 0 Å². The fourth-order valence-corrected chi connectivity index (χ4v) is 5.29. The van der Waals surface area contributed by atoms with E-state index < -0.39 is 0 Å². The lowest BCUT2D eigenvalue weighted by Crippen LogP contribution is -1.81. The molecule has 2 heteroatoms. The average Bonchev–Trinajstić information content (AvgIpc) is 3.26. The normalized spacial score (nSPS) is 17.6. The van der Waals surface area contributed by atoms with Gasteiger partial charge in [0.2, 0.25) is 0 Å². The van der Waals surface area contributed by atoms with Crippen molar-refractivity contribution in [1.29, 1.82) is 0 Å². The van der Waals surface area contributed by atoms with Crippen LogP contribution in [-0.4, -0.2) is 0 Å². The fraction of sp³-hybridized carbons (Fsp3) is 0.158. The fourth-order valence-electron chi connectivity index (χ4n) is 2.81. The minimum absolute atomic E-state index is 0.475. The molecule has 2 heterocycles. The molecule has 2 aliphatic rings. The Bertz CT molecular complexity index is 756. The number of allylic oxidation sites excluding steroid dienone is 8. The third-order valence-electron chi connectivity index (χ3n) is 3.94. The van der Waals surface area contributed by atoms with Gasteiger partial charge >= 0.3 is 0 Å². The maximum atomic E-state index is 2.35. The highest BCUT2D eigenvalue weighted by Gasteiger charge is 2.17. The van der Waals surface area contributed by atoms with Gasteiger partial charge in [-0.2, -0.15) is 0 Å². The summed E-state index contributed by atoms with van der Waals surface area (Å²) in [6, 6.07) is 6.90. The third kappa shape index (κ3) is 2.39.